The van der Waals surface area contributed by atoms with Crippen LogP contribution in [-0.4, -0.2) is 58.4 Å². The van der Waals surface area contributed by atoms with Crippen molar-refractivity contribution in [2.75, 3.05) is 32.2 Å². The predicted molar refractivity (Wildman–Crippen MR) is 120 cm³/mol. The fraction of sp³-hybridized carbons (Fsp3) is 0.435. The van der Waals surface area contributed by atoms with Crippen LogP contribution in [0.15, 0.2) is 36.9 Å². The van der Waals surface area contributed by atoms with E-state index in [0.717, 1.165) is 17.2 Å². The molecule has 2 aromatic rings. The normalized spacial score (nSPS) is 19.2. The highest BCUT2D eigenvalue weighted by molar-refractivity contribution is 6.28. The lowest BCUT2D eigenvalue weighted by molar-refractivity contribution is -0.210. The van der Waals surface area contributed by atoms with Gasteiger partial charge in [-0.05, 0) is 35.7 Å². The summed E-state index contributed by atoms with van der Waals surface area (Å²) in [5.41, 5.74) is -0.474. The van der Waals surface area contributed by atoms with Crippen LogP contribution < -0.4 is 5.32 Å². The minimum Gasteiger partial charge on any atom is -0.392 e. The number of benzene rings is 1. The SMILES string of the molecule is C=CC(F)(CO)c1cccc([C@@H](C)Nc2nc(Cl)nc3c2CN(C(=O)C2(OC)COC2)C3)c1. The molecule has 2 aliphatic rings. The smallest absolute Gasteiger partial charge is 0.260 e. The van der Waals surface area contributed by atoms with E-state index in [-0.39, 0.29) is 30.4 Å². The molecule has 0 radical (unpaired) electrons. The largest absolute Gasteiger partial charge is 0.392 e. The Morgan fingerprint density at radius 1 is 1.48 bits per heavy atom. The molecule has 0 spiro atoms. The van der Waals surface area contributed by atoms with Gasteiger partial charge in [0, 0.05) is 18.7 Å². The van der Waals surface area contributed by atoms with Gasteiger partial charge < -0.3 is 24.8 Å². The number of halogens is 2. The van der Waals surface area contributed by atoms with Gasteiger partial charge in [0.2, 0.25) is 5.28 Å². The van der Waals surface area contributed by atoms with E-state index >= 15 is 0 Å². The Balaban J connectivity index is 1.57. The molecule has 1 aromatic heterocycles. The number of ether oxygens (including phenoxy) is 2. The average Bonchev–Trinajstić information content (AvgIpc) is 3.22. The number of carbonyl (C=O) groups excluding carboxylic acids is 1. The lowest BCUT2D eigenvalue weighted by Crippen LogP contribution is -2.61. The Hall–Kier alpha value is -2.59. The van der Waals surface area contributed by atoms with Gasteiger partial charge in [0.1, 0.15) is 5.82 Å². The Kier molecular flexibility index (Phi) is 6.41. The number of nitrogens with zero attached hydrogens (tertiary/aromatic N) is 3. The maximum atomic E-state index is 14.9. The third-order valence-corrected chi connectivity index (χ3v) is 6.44. The van der Waals surface area contributed by atoms with Crippen molar-refractivity contribution < 1.29 is 23.8 Å². The molecule has 3 heterocycles. The van der Waals surface area contributed by atoms with Crippen molar-refractivity contribution in [1.82, 2.24) is 14.9 Å². The molecule has 0 saturated carbocycles. The van der Waals surface area contributed by atoms with Crippen molar-refractivity contribution in [3.05, 3.63) is 64.6 Å². The number of rotatable bonds is 8. The molecule has 0 bridgehead atoms. The van der Waals surface area contributed by atoms with Crippen LogP contribution in [-0.2, 0) is 33.0 Å². The molecule has 2 atom stereocenters. The van der Waals surface area contributed by atoms with Crippen LogP contribution in [0.1, 0.15) is 35.3 Å². The standard InChI is InChI=1S/C23H26ClFN4O4/c1-4-22(25,11-30)16-7-5-6-15(8-16)14(2)26-19-17-9-29(10-18(17)27-21(24)28-19)20(31)23(32-3)12-33-13-23/h4-8,14,30H,1,9-13H2,2-3H3,(H,26,27,28)/t14-,22?/m1/s1. The highest BCUT2D eigenvalue weighted by Crippen LogP contribution is 2.34. The van der Waals surface area contributed by atoms with Gasteiger partial charge in [-0.2, -0.15) is 0 Å². The van der Waals surface area contributed by atoms with E-state index in [4.69, 9.17) is 21.1 Å². The number of aliphatic hydroxyl groups is 1. The third kappa shape index (κ3) is 4.21. The molecule has 2 N–H and O–H groups in total. The van der Waals surface area contributed by atoms with Crippen LogP contribution in [0.5, 0.6) is 0 Å². The molecule has 4 rings (SSSR count). The number of methoxy groups -OCH3 is 1. The Labute approximate surface area is 196 Å². The number of anilines is 1. The number of aromatic nitrogens is 2. The van der Waals surface area contributed by atoms with E-state index in [1.165, 1.54) is 7.11 Å². The molecule has 0 aliphatic carbocycles. The second-order valence-electron chi connectivity index (χ2n) is 8.34. The van der Waals surface area contributed by atoms with Crippen LogP contribution in [0.4, 0.5) is 10.2 Å². The second-order valence-corrected chi connectivity index (χ2v) is 8.67. The quantitative estimate of drug-likeness (QED) is 0.446. The fourth-order valence-corrected chi connectivity index (χ4v) is 4.21. The van der Waals surface area contributed by atoms with E-state index < -0.39 is 17.9 Å². The monoisotopic (exact) mass is 476 g/mol. The van der Waals surface area contributed by atoms with E-state index in [1.54, 1.807) is 23.1 Å². The first-order chi connectivity index (χ1) is 15.7. The maximum Gasteiger partial charge on any atom is 0.260 e. The van der Waals surface area contributed by atoms with Gasteiger partial charge in [-0.25, -0.2) is 14.4 Å². The van der Waals surface area contributed by atoms with Gasteiger partial charge in [0.15, 0.2) is 11.3 Å². The fourth-order valence-electron chi connectivity index (χ4n) is 4.02. The Bertz CT molecular complexity index is 1070. The molecule has 10 heteroatoms. The molecular formula is C23H26ClFN4O4. The van der Waals surface area contributed by atoms with Gasteiger partial charge in [-0.1, -0.05) is 30.8 Å². The number of hydrogen-bond donors (Lipinski definition) is 2. The molecule has 2 aliphatic heterocycles. The summed E-state index contributed by atoms with van der Waals surface area (Å²) in [6, 6.07) is 6.57. The van der Waals surface area contributed by atoms with Crippen molar-refractivity contribution in [2.24, 2.45) is 0 Å². The highest BCUT2D eigenvalue weighted by Gasteiger charge is 2.50. The minimum absolute atomic E-state index is 0.0645. The molecule has 1 unspecified atom stereocenters. The first kappa shape index (κ1) is 23.6. The van der Waals surface area contributed by atoms with E-state index in [2.05, 4.69) is 21.9 Å². The van der Waals surface area contributed by atoms with Crippen molar-refractivity contribution in [1.29, 1.82) is 0 Å². The Morgan fingerprint density at radius 2 is 2.24 bits per heavy atom. The van der Waals surface area contributed by atoms with Crippen molar-refractivity contribution in [3.63, 3.8) is 0 Å². The minimum atomic E-state index is -2.03. The molecule has 8 nitrogen and oxygen atoms in total. The van der Waals surface area contributed by atoms with Crippen LogP contribution >= 0.6 is 11.6 Å². The lowest BCUT2D eigenvalue weighted by Gasteiger charge is -2.40. The Morgan fingerprint density at radius 3 is 2.85 bits per heavy atom. The first-order valence-corrected chi connectivity index (χ1v) is 10.9. The van der Waals surface area contributed by atoms with Gasteiger partial charge >= 0.3 is 0 Å². The molecule has 33 heavy (non-hydrogen) atoms. The summed E-state index contributed by atoms with van der Waals surface area (Å²) in [6.07, 6.45) is 1.09. The number of aliphatic hydroxyl groups excluding tert-OH is 1. The van der Waals surface area contributed by atoms with Crippen LogP contribution in [0.2, 0.25) is 5.28 Å². The second kappa shape index (κ2) is 8.98. The maximum absolute atomic E-state index is 14.9. The number of nitrogens with one attached hydrogen (secondary N) is 1. The summed E-state index contributed by atoms with van der Waals surface area (Å²) in [7, 11) is 1.50. The van der Waals surface area contributed by atoms with Crippen molar-refractivity contribution in [3.8, 4) is 0 Å². The van der Waals surface area contributed by atoms with Gasteiger partial charge in [0.05, 0.1) is 38.6 Å². The summed E-state index contributed by atoms with van der Waals surface area (Å²) in [6.45, 7) is 5.73. The van der Waals surface area contributed by atoms with Crippen molar-refractivity contribution in [2.45, 2.75) is 37.3 Å². The average molecular weight is 477 g/mol. The predicted octanol–water partition coefficient (Wildman–Crippen LogP) is 2.90. The zero-order valence-corrected chi connectivity index (χ0v) is 19.2. The topological polar surface area (TPSA) is 96.8 Å². The van der Waals surface area contributed by atoms with Crippen LogP contribution in [0.25, 0.3) is 0 Å². The van der Waals surface area contributed by atoms with E-state index in [9.17, 15) is 14.3 Å². The van der Waals surface area contributed by atoms with E-state index in [1.807, 2.05) is 13.0 Å². The van der Waals surface area contributed by atoms with Crippen molar-refractivity contribution >= 4 is 23.3 Å². The summed E-state index contributed by atoms with van der Waals surface area (Å²) >= 11 is 6.16. The summed E-state index contributed by atoms with van der Waals surface area (Å²) in [5, 5.41) is 12.8. The molecule has 1 amide bonds. The van der Waals surface area contributed by atoms with Crippen LogP contribution in [0.3, 0.4) is 0 Å². The zero-order chi connectivity index (χ0) is 23.8. The summed E-state index contributed by atoms with van der Waals surface area (Å²) in [5.74, 6) is 0.344. The summed E-state index contributed by atoms with van der Waals surface area (Å²) < 4.78 is 25.5. The van der Waals surface area contributed by atoms with Gasteiger partial charge in [-0.3, -0.25) is 4.79 Å². The number of carbonyl (C=O) groups is 1. The number of fused-ring (bicyclic) bond motifs is 1. The molecule has 176 valence electrons. The summed E-state index contributed by atoms with van der Waals surface area (Å²) in [4.78, 5) is 23.3. The first-order valence-electron chi connectivity index (χ1n) is 10.5. The highest BCUT2D eigenvalue weighted by atomic mass is 35.5. The molecular weight excluding hydrogens is 451 g/mol. The number of alkyl halides is 1. The molecule has 1 aromatic carbocycles. The molecule has 1 fully saturated rings. The molecule has 1 saturated heterocycles. The lowest BCUT2D eigenvalue weighted by atomic mass is 9.93. The van der Waals surface area contributed by atoms with Gasteiger partial charge in [0.25, 0.3) is 5.91 Å². The number of amides is 1. The zero-order valence-electron chi connectivity index (χ0n) is 18.5. The number of hydrogen-bond acceptors (Lipinski definition) is 7. The van der Waals surface area contributed by atoms with E-state index in [0.29, 0.717) is 30.2 Å². The van der Waals surface area contributed by atoms with Crippen LogP contribution in [0, 0.1) is 0 Å². The third-order valence-electron chi connectivity index (χ3n) is 6.27. The van der Waals surface area contributed by atoms with Gasteiger partial charge in [-0.15, -0.1) is 0 Å².